The van der Waals surface area contributed by atoms with Crippen molar-refractivity contribution in [2.75, 3.05) is 32.1 Å². The van der Waals surface area contributed by atoms with E-state index in [2.05, 4.69) is 26.3 Å². The molecule has 35 heavy (non-hydrogen) atoms. The molecule has 2 aromatic carbocycles. The second-order valence-electron chi connectivity index (χ2n) is 8.63. The zero-order valence-corrected chi connectivity index (χ0v) is 21.3. The van der Waals surface area contributed by atoms with E-state index in [9.17, 15) is 14.0 Å². The minimum atomic E-state index is -0.467. The quantitative estimate of drug-likeness (QED) is 0.455. The summed E-state index contributed by atoms with van der Waals surface area (Å²) in [4.78, 5) is 27.1. The van der Waals surface area contributed by atoms with Crippen molar-refractivity contribution in [2.24, 2.45) is 0 Å². The van der Waals surface area contributed by atoms with Gasteiger partial charge in [0.05, 0.1) is 18.7 Å². The molecule has 4 rings (SSSR count). The summed E-state index contributed by atoms with van der Waals surface area (Å²) in [5, 5.41) is 7.13. The highest BCUT2D eigenvalue weighted by Gasteiger charge is 2.27. The Labute approximate surface area is 212 Å². The van der Waals surface area contributed by atoms with Gasteiger partial charge in [-0.15, -0.1) is 0 Å². The van der Waals surface area contributed by atoms with Crippen molar-refractivity contribution in [1.29, 1.82) is 0 Å². The molecule has 1 saturated heterocycles. The van der Waals surface area contributed by atoms with Crippen molar-refractivity contribution in [3.63, 3.8) is 0 Å². The number of carbonyl (C=O) groups excluding carboxylic acids is 2. The molecule has 0 spiro atoms. The second-order valence-corrected chi connectivity index (χ2v) is 9.49. The van der Waals surface area contributed by atoms with Crippen LogP contribution in [-0.4, -0.2) is 53.3 Å². The van der Waals surface area contributed by atoms with E-state index in [0.717, 1.165) is 18.4 Å². The Kier molecular flexibility index (Phi) is 7.97. The molecule has 0 radical (unpaired) electrons. The summed E-state index contributed by atoms with van der Waals surface area (Å²) in [6.45, 7) is 3.91. The third-order valence-electron chi connectivity index (χ3n) is 6.37. The van der Waals surface area contributed by atoms with Crippen molar-refractivity contribution in [3.05, 3.63) is 81.3 Å². The van der Waals surface area contributed by atoms with Crippen LogP contribution in [0.15, 0.2) is 53.1 Å². The van der Waals surface area contributed by atoms with Crippen LogP contribution in [0.5, 0.6) is 0 Å². The number of aromatic nitrogens is 2. The minimum absolute atomic E-state index is 0.118. The highest BCUT2D eigenvalue weighted by atomic mass is 79.9. The highest BCUT2D eigenvalue weighted by Crippen LogP contribution is 2.30. The van der Waals surface area contributed by atoms with E-state index in [4.69, 9.17) is 4.74 Å². The van der Waals surface area contributed by atoms with Crippen molar-refractivity contribution >= 4 is 33.4 Å². The van der Waals surface area contributed by atoms with E-state index < -0.39 is 5.82 Å². The van der Waals surface area contributed by atoms with E-state index >= 15 is 0 Å². The van der Waals surface area contributed by atoms with Gasteiger partial charge in [-0.3, -0.25) is 14.3 Å². The van der Waals surface area contributed by atoms with Gasteiger partial charge in [0.1, 0.15) is 5.82 Å². The summed E-state index contributed by atoms with van der Waals surface area (Å²) < 4.78 is 21.9. The fraction of sp³-hybridized carbons (Fsp3) is 0.346. The lowest BCUT2D eigenvalue weighted by atomic mass is 9.89. The minimum Gasteiger partial charge on any atom is -0.383 e. The number of hydrogen-bond donors (Lipinski definition) is 1. The number of rotatable bonds is 7. The molecule has 0 bridgehead atoms. The SMILES string of the molecule is COCCn1ccc(C(=O)Nc2ccc(C3CCN(C(=O)c4ccc(Br)c(C)c4F)CC3)cc2)n1. The number of nitrogens with one attached hydrogen (secondary N) is 1. The molecule has 1 fully saturated rings. The first kappa shape index (κ1) is 25.1. The van der Waals surface area contributed by atoms with Gasteiger partial charge in [0.25, 0.3) is 11.8 Å². The maximum atomic E-state index is 14.6. The molecule has 9 heteroatoms. The predicted octanol–water partition coefficient (Wildman–Crippen LogP) is 5.01. The summed E-state index contributed by atoms with van der Waals surface area (Å²) in [6, 6.07) is 12.7. The van der Waals surface area contributed by atoms with Crippen molar-refractivity contribution in [2.45, 2.75) is 32.2 Å². The fourth-order valence-electron chi connectivity index (χ4n) is 4.24. The smallest absolute Gasteiger partial charge is 0.276 e. The predicted molar refractivity (Wildman–Crippen MR) is 135 cm³/mol. The number of hydrogen-bond acceptors (Lipinski definition) is 4. The molecule has 1 N–H and O–H groups in total. The van der Waals surface area contributed by atoms with Crippen molar-refractivity contribution < 1.29 is 18.7 Å². The number of carbonyl (C=O) groups is 2. The Bertz CT molecular complexity index is 1200. The van der Waals surface area contributed by atoms with Crippen LogP contribution in [0.4, 0.5) is 10.1 Å². The van der Waals surface area contributed by atoms with Gasteiger partial charge >= 0.3 is 0 Å². The monoisotopic (exact) mass is 542 g/mol. The molecule has 1 aromatic heterocycles. The molecule has 0 aliphatic carbocycles. The molecule has 1 aliphatic rings. The molecular weight excluding hydrogens is 515 g/mol. The number of halogens is 2. The van der Waals surface area contributed by atoms with Crippen LogP contribution in [0.1, 0.15) is 50.7 Å². The lowest BCUT2D eigenvalue weighted by Gasteiger charge is -2.32. The number of anilines is 1. The molecule has 0 atom stereocenters. The van der Waals surface area contributed by atoms with Crippen molar-refractivity contribution in [1.82, 2.24) is 14.7 Å². The number of nitrogens with zero attached hydrogens (tertiary/aromatic N) is 3. The number of amides is 2. The number of methoxy groups -OCH3 is 1. The van der Waals surface area contributed by atoms with Gasteiger partial charge < -0.3 is 15.0 Å². The molecule has 1 aliphatic heterocycles. The van der Waals surface area contributed by atoms with Gasteiger partial charge in [0.2, 0.25) is 0 Å². The highest BCUT2D eigenvalue weighted by molar-refractivity contribution is 9.10. The van der Waals surface area contributed by atoms with Crippen LogP contribution in [0.2, 0.25) is 0 Å². The third kappa shape index (κ3) is 5.79. The Hall–Kier alpha value is -3.04. The number of benzene rings is 2. The second kappa shape index (κ2) is 11.1. The maximum Gasteiger partial charge on any atom is 0.276 e. The first-order chi connectivity index (χ1) is 16.9. The number of likely N-dealkylation sites (tertiary alicyclic amines) is 1. The first-order valence-electron chi connectivity index (χ1n) is 11.5. The Morgan fingerprint density at radius 3 is 2.54 bits per heavy atom. The van der Waals surface area contributed by atoms with Crippen LogP contribution >= 0.6 is 15.9 Å². The van der Waals surface area contributed by atoms with Gasteiger partial charge in [-0.25, -0.2) is 4.39 Å². The lowest BCUT2D eigenvalue weighted by Crippen LogP contribution is -2.38. The van der Waals surface area contributed by atoms with E-state index in [1.165, 1.54) is 6.07 Å². The molecule has 0 unspecified atom stereocenters. The summed E-state index contributed by atoms with van der Waals surface area (Å²) in [5.74, 6) is -0.696. The zero-order chi connectivity index (χ0) is 24.9. The van der Waals surface area contributed by atoms with E-state index in [-0.39, 0.29) is 17.4 Å². The lowest BCUT2D eigenvalue weighted by molar-refractivity contribution is 0.0708. The number of piperidine rings is 1. The van der Waals surface area contributed by atoms with Crippen LogP contribution in [0.3, 0.4) is 0 Å². The van der Waals surface area contributed by atoms with E-state index in [0.29, 0.717) is 53.6 Å². The average Bonchev–Trinajstić information content (AvgIpc) is 3.36. The molecule has 3 aromatic rings. The Balaban J connectivity index is 1.32. The van der Waals surface area contributed by atoms with Crippen molar-refractivity contribution in [3.8, 4) is 0 Å². The summed E-state index contributed by atoms with van der Waals surface area (Å²) >= 11 is 3.30. The van der Waals surface area contributed by atoms with E-state index in [1.54, 1.807) is 41.9 Å². The van der Waals surface area contributed by atoms with Gasteiger partial charge in [0, 0.05) is 36.6 Å². The van der Waals surface area contributed by atoms with Crippen LogP contribution in [0, 0.1) is 12.7 Å². The molecule has 2 heterocycles. The van der Waals surface area contributed by atoms with Crippen LogP contribution in [0.25, 0.3) is 0 Å². The normalized spacial score (nSPS) is 14.2. The topological polar surface area (TPSA) is 76.5 Å². The van der Waals surface area contributed by atoms with Gasteiger partial charge in [-0.05, 0) is 67.1 Å². The molecule has 0 saturated carbocycles. The molecule has 184 valence electrons. The summed E-state index contributed by atoms with van der Waals surface area (Å²) in [5.41, 5.74) is 2.76. The van der Waals surface area contributed by atoms with Crippen LogP contribution in [-0.2, 0) is 11.3 Å². The maximum absolute atomic E-state index is 14.6. The zero-order valence-electron chi connectivity index (χ0n) is 19.8. The summed E-state index contributed by atoms with van der Waals surface area (Å²) in [7, 11) is 1.62. The Morgan fingerprint density at radius 2 is 1.86 bits per heavy atom. The number of ether oxygens (including phenoxy) is 1. The first-order valence-corrected chi connectivity index (χ1v) is 12.3. The Morgan fingerprint density at radius 1 is 1.14 bits per heavy atom. The molecule has 2 amide bonds. The summed E-state index contributed by atoms with van der Waals surface area (Å²) in [6.07, 6.45) is 3.35. The third-order valence-corrected chi connectivity index (χ3v) is 7.23. The van der Waals surface area contributed by atoms with Gasteiger partial charge in [-0.1, -0.05) is 28.1 Å². The molecule has 7 nitrogen and oxygen atoms in total. The van der Waals surface area contributed by atoms with E-state index in [1.807, 2.05) is 24.3 Å². The largest absolute Gasteiger partial charge is 0.383 e. The van der Waals surface area contributed by atoms with Gasteiger partial charge in [0.15, 0.2) is 5.69 Å². The fourth-order valence-corrected chi connectivity index (χ4v) is 4.55. The van der Waals surface area contributed by atoms with Gasteiger partial charge in [-0.2, -0.15) is 5.10 Å². The van der Waals surface area contributed by atoms with Crippen LogP contribution < -0.4 is 5.32 Å². The average molecular weight is 543 g/mol. The molecular formula is C26H28BrFN4O3. The standard InChI is InChI=1S/C26H28BrFN4O3/c1-17-22(27)8-7-21(24(17)28)26(34)31-12-9-19(10-13-31)18-3-5-20(6-4-18)29-25(33)23-11-14-32(30-23)15-16-35-2/h3-8,11,14,19H,9-10,12-13,15-16H2,1-2H3,(H,29,33).